The van der Waals surface area contributed by atoms with E-state index in [9.17, 15) is 5.11 Å². The van der Waals surface area contributed by atoms with Crippen molar-refractivity contribution in [3.05, 3.63) is 0 Å². The van der Waals surface area contributed by atoms with Crippen molar-refractivity contribution in [2.45, 2.75) is 52.6 Å². The number of aliphatic hydroxyl groups is 1. The molecule has 0 atom stereocenters. The summed E-state index contributed by atoms with van der Waals surface area (Å²) < 4.78 is 0. The third-order valence-corrected chi connectivity index (χ3v) is 2.31. The van der Waals surface area contributed by atoms with Gasteiger partial charge >= 0.3 is 0 Å². The largest absolute Gasteiger partial charge is 0.390 e. The molecule has 0 aromatic heterocycles. The molecule has 2 heteroatoms. The molecule has 13 heavy (non-hydrogen) atoms. The molecule has 0 rings (SSSR count). The molecular weight excluding hydrogens is 162 g/mol. The average Bonchev–Trinajstić information content (AvgIpc) is 2.03. The topological polar surface area (TPSA) is 23.5 Å². The predicted molar refractivity (Wildman–Crippen MR) is 57.9 cm³/mol. The average molecular weight is 187 g/mol. The van der Waals surface area contributed by atoms with E-state index in [4.69, 9.17) is 0 Å². The Morgan fingerprint density at radius 2 is 1.77 bits per heavy atom. The van der Waals surface area contributed by atoms with Crippen LogP contribution in [0.2, 0.25) is 0 Å². The molecule has 0 saturated heterocycles. The molecule has 80 valence electrons. The molecule has 0 unspecified atom stereocenters. The quantitative estimate of drug-likeness (QED) is 0.661. The van der Waals surface area contributed by atoms with Gasteiger partial charge in [-0.25, -0.2) is 0 Å². The Morgan fingerprint density at radius 3 is 2.15 bits per heavy atom. The molecule has 1 N–H and O–H groups in total. The van der Waals surface area contributed by atoms with E-state index in [-0.39, 0.29) is 0 Å². The van der Waals surface area contributed by atoms with Gasteiger partial charge in [0.1, 0.15) is 0 Å². The molecular formula is C11H25NO. The highest BCUT2D eigenvalue weighted by molar-refractivity contribution is 4.68. The summed E-state index contributed by atoms with van der Waals surface area (Å²) in [4.78, 5) is 2.40. The van der Waals surface area contributed by atoms with Crippen LogP contribution in [0.1, 0.15) is 47.0 Å². The van der Waals surface area contributed by atoms with Gasteiger partial charge in [-0.1, -0.05) is 20.3 Å². The Balaban J connectivity index is 3.59. The van der Waals surface area contributed by atoms with E-state index in [1.165, 1.54) is 19.4 Å². The van der Waals surface area contributed by atoms with E-state index in [1.807, 2.05) is 13.8 Å². The van der Waals surface area contributed by atoms with E-state index in [2.05, 4.69) is 18.7 Å². The molecule has 0 aromatic carbocycles. The first kappa shape index (κ1) is 12.9. The lowest BCUT2D eigenvalue weighted by molar-refractivity contribution is 0.0581. The molecule has 0 aromatic rings. The third kappa shape index (κ3) is 8.26. The van der Waals surface area contributed by atoms with Crippen LogP contribution in [-0.4, -0.2) is 35.2 Å². The highest BCUT2D eigenvalue weighted by Gasteiger charge is 2.13. The first-order chi connectivity index (χ1) is 5.99. The Labute approximate surface area is 82.9 Å². The molecule has 0 aliphatic carbocycles. The van der Waals surface area contributed by atoms with E-state index < -0.39 is 5.60 Å². The lowest BCUT2D eigenvalue weighted by Gasteiger charge is -2.24. The van der Waals surface area contributed by atoms with Gasteiger partial charge in [0.25, 0.3) is 0 Å². The predicted octanol–water partition coefficient (Wildman–Crippen LogP) is 2.27. The maximum absolute atomic E-state index is 9.56. The van der Waals surface area contributed by atoms with Crippen LogP contribution in [0.5, 0.6) is 0 Å². The smallest absolute Gasteiger partial charge is 0.0603 e. The van der Waals surface area contributed by atoms with Gasteiger partial charge in [0.2, 0.25) is 0 Å². The SMILES string of the molecule is CCCCN(CC)CCC(C)(C)O. The molecule has 0 fully saturated rings. The summed E-state index contributed by atoms with van der Waals surface area (Å²) in [6.07, 6.45) is 3.38. The van der Waals surface area contributed by atoms with Crippen LogP contribution in [-0.2, 0) is 0 Å². The Morgan fingerprint density at radius 1 is 1.15 bits per heavy atom. The summed E-state index contributed by atoms with van der Waals surface area (Å²) >= 11 is 0. The van der Waals surface area contributed by atoms with Crippen molar-refractivity contribution in [3.63, 3.8) is 0 Å². The first-order valence-corrected chi connectivity index (χ1v) is 5.44. The summed E-state index contributed by atoms with van der Waals surface area (Å²) in [6, 6.07) is 0. The van der Waals surface area contributed by atoms with Gasteiger partial charge in [-0.15, -0.1) is 0 Å². The number of hydrogen-bond donors (Lipinski definition) is 1. The maximum Gasteiger partial charge on any atom is 0.0603 e. The number of nitrogens with zero attached hydrogens (tertiary/aromatic N) is 1. The summed E-state index contributed by atoms with van der Waals surface area (Å²) in [5.41, 5.74) is -0.514. The van der Waals surface area contributed by atoms with Gasteiger partial charge < -0.3 is 10.0 Å². The van der Waals surface area contributed by atoms with E-state index in [0.29, 0.717) is 0 Å². The molecule has 0 radical (unpaired) electrons. The normalized spacial score (nSPS) is 12.5. The van der Waals surface area contributed by atoms with Crippen molar-refractivity contribution in [1.82, 2.24) is 4.90 Å². The van der Waals surface area contributed by atoms with Crippen LogP contribution in [0, 0.1) is 0 Å². The molecule has 0 saturated carbocycles. The van der Waals surface area contributed by atoms with Crippen molar-refractivity contribution in [1.29, 1.82) is 0 Å². The minimum absolute atomic E-state index is 0.514. The van der Waals surface area contributed by atoms with Crippen molar-refractivity contribution >= 4 is 0 Å². The third-order valence-electron chi connectivity index (χ3n) is 2.31. The molecule has 0 spiro atoms. The van der Waals surface area contributed by atoms with Gasteiger partial charge in [0, 0.05) is 6.54 Å². The summed E-state index contributed by atoms with van der Waals surface area (Å²) in [5, 5.41) is 9.56. The van der Waals surface area contributed by atoms with Gasteiger partial charge in [-0.2, -0.15) is 0 Å². The van der Waals surface area contributed by atoms with E-state index in [1.54, 1.807) is 0 Å². The van der Waals surface area contributed by atoms with Crippen LogP contribution >= 0.6 is 0 Å². The van der Waals surface area contributed by atoms with Crippen LogP contribution in [0.25, 0.3) is 0 Å². The molecule has 0 aliphatic heterocycles. The second-order valence-electron chi connectivity index (χ2n) is 4.35. The van der Waals surface area contributed by atoms with Gasteiger partial charge in [-0.3, -0.25) is 0 Å². The zero-order valence-electron chi connectivity index (χ0n) is 9.64. The van der Waals surface area contributed by atoms with E-state index >= 15 is 0 Å². The van der Waals surface area contributed by atoms with Crippen LogP contribution < -0.4 is 0 Å². The van der Waals surface area contributed by atoms with Gasteiger partial charge in [0.05, 0.1) is 5.60 Å². The number of hydrogen-bond acceptors (Lipinski definition) is 2. The minimum atomic E-state index is -0.514. The standard InChI is InChI=1S/C11H25NO/c1-5-7-9-12(6-2)10-8-11(3,4)13/h13H,5-10H2,1-4H3. The minimum Gasteiger partial charge on any atom is -0.390 e. The summed E-state index contributed by atoms with van der Waals surface area (Å²) in [6.45, 7) is 11.4. The van der Waals surface area contributed by atoms with Crippen molar-refractivity contribution in [3.8, 4) is 0 Å². The lowest BCUT2D eigenvalue weighted by atomic mass is 10.1. The van der Waals surface area contributed by atoms with E-state index in [0.717, 1.165) is 19.5 Å². The summed E-state index contributed by atoms with van der Waals surface area (Å²) in [7, 11) is 0. The highest BCUT2D eigenvalue weighted by Crippen LogP contribution is 2.08. The molecule has 0 heterocycles. The second-order valence-corrected chi connectivity index (χ2v) is 4.35. The maximum atomic E-state index is 9.56. The first-order valence-electron chi connectivity index (χ1n) is 5.44. The fraction of sp³-hybridized carbons (Fsp3) is 1.00. The molecule has 0 bridgehead atoms. The Hall–Kier alpha value is -0.0800. The van der Waals surface area contributed by atoms with Gasteiger partial charge in [0.15, 0.2) is 0 Å². The fourth-order valence-electron chi connectivity index (χ4n) is 1.24. The van der Waals surface area contributed by atoms with Crippen molar-refractivity contribution in [2.24, 2.45) is 0 Å². The fourth-order valence-corrected chi connectivity index (χ4v) is 1.24. The summed E-state index contributed by atoms with van der Waals surface area (Å²) in [5.74, 6) is 0. The lowest BCUT2D eigenvalue weighted by Crippen LogP contribution is -2.31. The zero-order chi connectivity index (χ0) is 10.3. The van der Waals surface area contributed by atoms with Crippen LogP contribution in [0.15, 0.2) is 0 Å². The highest BCUT2D eigenvalue weighted by atomic mass is 16.3. The molecule has 0 aliphatic rings. The Bertz CT molecular complexity index is 118. The van der Waals surface area contributed by atoms with Crippen molar-refractivity contribution < 1.29 is 5.11 Å². The molecule has 2 nitrogen and oxygen atoms in total. The van der Waals surface area contributed by atoms with Crippen LogP contribution in [0.3, 0.4) is 0 Å². The number of unbranched alkanes of at least 4 members (excludes halogenated alkanes) is 1. The monoisotopic (exact) mass is 187 g/mol. The van der Waals surface area contributed by atoms with Crippen LogP contribution in [0.4, 0.5) is 0 Å². The van der Waals surface area contributed by atoms with Crippen molar-refractivity contribution in [2.75, 3.05) is 19.6 Å². The Kier molecular flexibility index (Phi) is 6.35. The van der Waals surface area contributed by atoms with Gasteiger partial charge in [-0.05, 0) is 39.8 Å². The second kappa shape index (κ2) is 6.39. The number of rotatable bonds is 7. The zero-order valence-corrected chi connectivity index (χ0v) is 9.64. The molecule has 0 amide bonds.